The van der Waals surface area contributed by atoms with Crippen LogP contribution in [0.25, 0.3) is 0 Å². The lowest BCUT2D eigenvalue weighted by molar-refractivity contribution is -0.00558. The van der Waals surface area contributed by atoms with E-state index in [1.165, 1.54) is 0 Å². The van der Waals surface area contributed by atoms with Crippen molar-refractivity contribution in [2.24, 2.45) is 0 Å². The van der Waals surface area contributed by atoms with E-state index in [2.05, 4.69) is 13.2 Å². The summed E-state index contributed by atoms with van der Waals surface area (Å²) in [4.78, 5) is 0. The van der Waals surface area contributed by atoms with Crippen molar-refractivity contribution < 1.29 is 13.2 Å². The maximum Gasteiger partial charge on any atom is 0.300 e. The summed E-state index contributed by atoms with van der Waals surface area (Å²) in [6.45, 7) is 5.64. The van der Waals surface area contributed by atoms with Gasteiger partial charge in [-0.05, 0) is 6.08 Å². The highest BCUT2D eigenvalue weighted by Crippen LogP contribution is 2.22. The lowest BCUT2D eigenvalue weighted by Crippen LogP contribution is -2.24. The van der Waals surface area contributed by atoms with Crippen molar-refractivity contribution in [1.29, 1.82) is 0 Å². The molecular formula is C6H7F3. The average molecular weight is 136 g/mol. The molecule has 0 radical (unpaired) electrons. The Bertz CT molecular complexity index is 117. The van der Waals surface area contributed by atoms with Crippen LogP contribution in [0.4, 0.5) is 13.2 Å². The Morgan fingerprint density at radius 1 is 1.33 bits per heavy atom. The number of hydrogen-bond acceptors (Lipinski definition) is 0. The average Bonchev–Trinajstić information content (AvgIpc) is 1.86. The van der Waals surface area contributed by atoms with Crippen molar-refractivity contribution in [1.82, 2.24) is 0 Å². The molecule has 0 saturated heterocycles. The van der Waals surface area contributed by atoms with E-state index < -0.39 is 12.1 Å². The van der Waals surface area contributed by atoms with Gasteiger partial charge in [0.25, 0.3) is 5.92 Å². The van der Waals surface area contributed by atoms with Crippen molar-refractivity contribution in [3.05, 3.63) is 25.3 Å². The molecule has 0 aromatic rings. The van der Waals surface area contributed by atoms with Crippen LogP contribution in [0, 0.1) is 0 Å². The highest BCUT2D eigenvalue weighted by Gasteiger charge is 2.33. The predicted octanol–water partition coefficient (Wildman–Crippen LogP) is 2.33. The lowest BCUT2D eigenvalue weighted by atomic mass is 10.2. The molecule has 0 aliphatic heterocycles. The summed E-state index contributed by atoms with van der Waals surface area (Å²) in [5.41, 5.74) is 0. The molecule has 0 aromatic carbocycles. The third-order valence-corrected chi connectivity index (χ3v) is 0.847. The Kier molecular flexibility index (Phi) is 2.49. The van der Waals surface area contributed by atoms with Gasteiger partial charge in [-0.1, -0.05) is 19.2 Å². The standard InChI is InChI=1S/C6H7F3/c1-3-5(7)6(8,9)4-2/h3-5H,1-2H2. The quantitative estimate of drug-likeness (QED) is 0.522. The second-order valence-corrected chi connectivity index (χ2v) is 1.52. The Hall–Kier alpha value is -0.730. The Labute approximate surface area is 51.7 Å². The molecule has 0 fully saturated rings. The summed E-state index contributed by atoms with van der Waals surface area (Å²) in [6.07, 6.45) is -1.52. The van der Waals surface area contributed by atoms with Crippen molar-refractivity contribution in [3.8, 4) is 0 Å². The topological polar surface area (TPSA) is 0 Å². The van der Waals surface area contributed by atoms with Crippen LogP contribution in [-0.4, -0.2) is 12.1 Å². The lowest BCUT2D eigenvalue weighted by Gasteiger charge is -2.11. The predicted molar refractivity (Wildman–Crippen MR) is 30.2 cm³/mol. The molecule has 0 nitrogen and oxygen atoms in total. The highest BCUT2D eigenvalue weighted by molar-refractivity contribution is 5.00. The fraction of sp³-hybridized carbons (Fsp3) is 0.333. The molecule has 0 amide bonds. The van der Waals surface area contributed by atoms with E-state index in [1.54, 1.807) is 0 Å². The summed E-state index contributed by atoms with van der Waals surface area (Å²) >= 11 is 0. The van der Waals surface area contributed by atoms with E-state index in [0.29, 0.717) is 6.08 Å². The molecular weight excluding hydrogens is 129 g/mol. The summed E-state index contributed by atoms with van der Waals surface area (Å²) in [5, 5.41) is 0. The van der Waals surface area contributed by atoms with E-state index in [0.717, 1.165) is 0 Å². The molecule has 0 N–H and O–H groups in total. The third-order valence-electron chi connectivity index (χ3n) is 0.847. The number of hydrogen-bond donors (Lipinski definition) is 0. The molecule has 0 aliphatic rings. The first kappa shape index (κ1) is 8.27. The van der Waals surface area contributed by atoms with E-state index in [9.17, 15) is 13.2 Å². The Morgan fingerprint density at radius 3 is 1.89 bits per heavy atom. The van der Waals surface area contributed by atoms with Gasteiger partial charge in [0.05, 0.1) is 0 Å². The molecule has 9 heavy (non-hydrogen) atoms. The van der Waals surface area contributed by atoms with E-state index in [-0.39, 0.29) is 6.08 Å². The zero-order chi connectivity index (χ0) is 7.49. The summed E-state index contributed by atoms with van der Waals surface area (Å²) < 4.78 is 35.9. The second kappa shape index (κ2) is 2.71. The molecule has 1 unspecified atom stereocenters. The first-order valence-corrected chi connectivity index (χ1v) is 2.32. The molecule has 0 aromatic heterocycles. The number of alkyl halides is 3. The largest absolute Gasteiger partial charge is 0.300 e. The minimum Gasteiger partial charge on any atom is -0.236 e. The van der Waals surface area contributed by atoms with Crippen LogP contribution in [0.5, 0.6) is 0 Å². The fourth-order valence-electron chi connectivity index (χ4n) is 0.270. The maximum absolute atomic E-state index is 12.0. The molecule has 1 atom stereocenters. The molecule has 0 rings (SSSR count). The maximum atomic E-state index is 12.0. The van der Waals surface area contributed by atoms with Crippen LogP contribution < -0.4 is 0 Å². The molecule has 0 heterocycles. The van der Waals surface area contributed by atoms with Gasteiger partial charge in [0.2, 0.25) is 0 Å². The Morgan fingerprint density at radius 2 is 1.78 bits per heavy atom. The smallest absolute Gasteiger partial charge is 0.236 e. The zero-order valence-electron chi connectivity index (χ0n) is 4.78. The minimum absolute atomic E-state index is 0.263. The van der Waals surface area contributed by atoms with Crippen LogP contribution in [0.15, 0.2) is 25.3 Å². The first-order chi connectivity index (χ1) is 4.04. The number of halogens is 3. The Balaban J connectivity index is 4.11. The van der Waals surface area contributed by atoms with E-state index in [4.69, 9.17) is 0 Å². The van der Waals surface area contributed by atoms with Crippen LogP contribution in [0.3, 0.4) is 0 Å². The van der Waals surface area contributed by atoms with Crippen molar-refractivity contribution >= 4 is 0 Å². The molecule has 52 valence electrons. The minimum atomic E-state index is -3.47. The van der Waals surface area contributed by atoms with Gasteiger partial charge >= 0.3 is 0 Å². The number of allylic oxidation sites excluding steroid dienone is 2. The van der Waals surface area contributed by atoms with Crippen LogP contribution in [0.2, 0.25) is 0 Å². The number of rotatable bonds is 3. The monoisotopic (exact) mass is 136 g/mol. The third kappa shape index (κ3) is 1.91. The van der Waals surface area contributed by atoms with Crippen LogP contribution in [0.1, 0.15) is 0 Å². The second-order valence-electron chi connectivity index (χ2n) is 1.52. The molecule has 0 spiro atoms. The van der Waals surface area contributed by atoms with Crippen LogP contribution in [-0.2, 0) is 0 Å². The summed E-state index contributed by atoms with van der Waals surface area (Å²) in [5.74, 6) is -3.47. The summed E-state index contributed by atoms with van der Waals surface area (Å²) in [7, 11) is 0. The van der Waals surface area contributed by atoms with Crippen LogP contribution >= 0.6 is 0 Å². The van der Waals surface area contributed by atoms with Crippen molar-refractivity contribution in [3.63, 3.8) is 0 Å². The van der Waals surface area contributed by atoms with Gasteiger partial charge in [-0.15, -0.1) is 0 Å². The molecule has 0 bridgehead atoms. The molecule has 3 heteroatoms. The van der Waals surface area contributed by atoms with Gasteiger partial charge in [0.1, 0.15) is 0 Å². The van der Waals surface area contributed by atoms with Gasteiger partial charge in [-0.3, -0.25) is 0 Å². The zero-order valence-corrected chi connectivity index (χ0v) is 4.78. The van der Waals surface area contributed by atoms with Gasteiger partial charge in [0, 0.05) is 0 Å². The van der Waals surface area contributed by atoms with Gasteiger partial charge < -0.3 is 0 Å². The van der Waals surface area contributed by atoms with Crippen molar-refractivity contribution in [2.45, 2.75) is 12.1 Å². The van der Waals surface area contributed by atoms with E-state index in [1.807, 2.05) is 0 Å². The summed E-state index contributed by atoms with van der Waals surface area (Å²) in [6, 6.07) is 0. The highest BCUT2D eigenvalue weighted by atomic mass is 19.3. The molecule has 0 saturated carbocycles. The van der Waals surface area contributed by atoms with Gasteiger partial charge in [-0.25, -0.2) is 4.39 Å². The fourth-order valence-corrected chi connectivity index (χ4v) is 0.270. The van der Waals surface area contributed by atoms with Gasteiger partial charge in [-0.2, -0.15) is 8.78 Å². The van der Waals surface area contributed by atoms with Crippen molar-refractivity contribution in [2.75, 3.05) is 0 Å². The molecule has 0 aliphatic carbocycles. The SMILES string of the molecule is C=CC(F)C(F)(F)C=C. The van der Waals surface area contributed by atoms with Gasteiger partial charge in [0.15, 0.2) is 6.17 Å². The first-order valence-electron chi connectivity index (χ1n) is 2.32. The van der Waals surface area contributed by atoms with E-state index >= 15 is 0 Å². The normalized spacial score (nSPS) is 14.6.